The molecule has 0 saturated carbocycles. The molecule has 0 aliphatic carbocycles. The average molecular weight is 400 g/mol. The number of para-hydroxylation sites is 2. The molecule has 1 N–H and O–H groups in total. The van der Waals surface area contributed by atoms with Gasteiger partial charge in [-0.2, -0.15) is 0 Å². The number of methoxy groups -OCH3 is 1. The predicted octanol–water partition coefficient (Wildman–Crippen LogP) is 3.83. The van der Waals surface area contributed by atoms with Gasteiger partial charge >= 0.3 is 5.97 Å². The Labute approximate surface area is 164 Å². The molecule has 0 spiro atoms. The van der Waals surface area contributed by atoms with Crippen LogP contribution in [-0.4, -0.2) is 24.0 Å². The molecule has 0 fully saturated rings. The van der Waals surface area contributed by atoms with Gasteiger partial charge in [0.2, 0.25) is 5.91 Å². The van der Waals surface area contributed by atoms with E-state index in [1.54, 1.807) is 23.6 Å². The van der Waals surface area contributed by atoms with E-state index in [0.29, 0.717) is 22.1 Å². The van der Waals surface area contributed by atoms with E-state index in [9.17, 15) is 14.0 Å². The van der Waals surface area contributed by atoms with Gasteiger partial charge in [0.1, 0.15) is 23.2 Å². The van der Waals surface area contributed by atoms with Crippen molar-refractivity contribution in [1.82, 2.24) is 4.98 Å². The number of thiazole rings is 1. The van der Waals surface area contributed by atoms with E-state index < -0.39 is 11.8 Å². The number of benzene rings is 2. The third-order valence-corrected chi connectivity index (χ3v) is 4.62. The van der Waals surface area contributed by atoms with Gasteiger partial charge in [0.25, 0.3) is 0 Å². The van der Waals surface area contributed by atoms with Crippen molar-refractivity contribution in [2.45, 2.75) is 13.0 Å². The summed E-state index contributed by atoms with van der Waals surface area (Å²) >= 11 is 1.30. The lowest BCUT2D eigenvalue weighted by atomic mass is 10.2. The third-order valence-electron chi connectivity index (χ3n) is 3.72. The number of aromatic nitrogens is 1. The highest BCUT2D eigenvalue weighted by atomic mass is 32.1. The maximum Gasteiger partial charge on any atom is 0.338 e. The lowest BCUT2D eigenvalue weighted by Crippen LogP contribution is -2.15. The number of hydrogen-bond donors (Lipinski definition) is 1. The van der Waals surface area contributed by atoms with Gasteiger partial charge in [0, 0.05) is 5.38 Å². The minimum atomic E-state index is -0.566. The zero-order valence-electron chi connectivity index (χ0n) is 15.0. The molecule has 0 aliphatic rings. The Kier molecular flexibility index (Phi) is 6.33. The zero-order valence-corrected chi connectivity index (χ0v) is 15.8. The average Bonchev–Trinajstić information content (AvgIpc) is 3.14. The van der Waals surface area contributed by atoms with Gasteiger partial charge in [-0.15, -0.1) is 11.3 Å². The van der Waals surface area contributed by atoms with E-state index in [0.717, 1.165) is 0 Å². The van der Waals surface area contributed by atoms with Gasteiger partial charge in [-0.3, -0.25) is 4.79 Å². The smallest absolute Gasteiger partial charge is 0.338 e. The number of anilines is 1. The van der Waals surface area contributed by atoms with Crippen LogP contribution in [0.3, 0.4) is 0 Å². The summed E-state index contributed by atoms with van der Waals surface area (Å²) in [6.45, 7) is -0.0269. The Bertz CT molecular complexity index is 972. The molecule has 3 rings (SSSR count). The monoisotopic (exact) mass is 400 g/mol. The number of halogens is 1. The molecule has 0 bridgehead atoms. The van der Waals surface area contributed by atoms with Crippen LogP contribution in [-0.2, 0) is 22.6 Å². The number of carbonyl (C=O) groups is 2. The molecule has 0 aliphatic heterocycles. The molecule has 1 aromatic heterocycles. The standard InChI is InChI=1S/C20H17FN2O4S/c1-26-17-5-3-2-4-16(17)23-18(24)10-19-22-15(12-28-19)11-27-20(25)13-6-8-14(21)9-7-13/h2-9,12H,10-11H2,1H3,(H,23,24). The molecule has 6 nitrogen and oxygen atoms in total. The molecule has 144 valence electrons. The van der Waals surface area contributed by atoms with Crippen LogP contribution < -0.4 is 10.1 Å². The van der Waals surface area contributed by atoms with Crippen molar-refractivity contribution in [2.75, 3.05) is 12.4 Å². The number of amides is 1. The first-order valence-electron chi connectivity index (χ1n) is 8.34. The summed E-state index contributed by atoms with van der Waals surface area (Å²) in [7, 11) is 1.53. The van der Waals surface area contributed by atoms with E-state index in [2.05, 4.69) is 10.3 Å². The minimum Gasteiger partial charge on any atom is -0.495 e. The SMILES string of the molecule is COc1ccccc1NC(=O)Cc1nc(COC(=O)c2ccc(F)cc2)cs1. The number of rotatable bonds is 7. The van der Waals surface area contributed by atoms with Crippen molar-refractivity contribution in [1.29, 1.82) is 0 Å². The van der Waals surface area contributed by atoms with E-state index in [4.69, 9.17) is 9.47 Å². The van der Waals surface area contributed by atoms with Crippen LogP contribution in [0.5, 0.6) is 5.75 Å². The number of nitrogens with zero attached hydrogens (tertiary/aromatic N) is 1. The van der Waals surface area contributed by atoms with E-state index >= 15 is 0 Å². The largest absolute Gasteiger partial charge is 0.495 e. The first kappa shape index (κ1) is 19.5. The topological polar surface area (TPSA) is 77.5 Å². The van der Waals surface area contributed by atoms with Crippen molar-refractivity contribution >= 4 is 28.9 Å². The second kappa shape index (κ2) is 9.09. The van der Waals surface area contributed by atoms with E-state index in [-0.39, 0.29) is 24.5 Å². The van der Waals surface area contributed by atoms with E-state index in [1.165, 1.54) is 42.7 Å². The molecule has 0 unspecified atom stereocenters. The summed E-state index contributed by atoms with van der Waals surface area (Å²) in [4.78, 5) is 28.5. The molecule has 0 atom stereocenters. The maximum atomic E-state index is 12.9. The van der Waals surface area contributed by atoms with Crippen molar-refractivity contribution in [2.24, 2.45) is 0 Å². The van der Waals surface area contributed by atoms with Gasteiger partial charge in [0.05, 0.1) is 30.5 Å². The van der Waals surface area contributed by atoms with Gasteiger partial charge in [-0.1, -0.05) is 12.1 Å². The molecular weight excluding hydrogens is 383 g/mol. The van der Waals surface area contributed by atoms with E-state index in [1.807, 2.05) is 6.07 Å². The van der Waals surface area contributed by atoms with Crippen LogP contribution in [0.25, 0.3) is 0 Å². The Morgan fingerprint density at radius 3 is 2.64 bits per heavy atom. The minimum absolute atomic E-state index is 0.0269. The van der Waals surface area contributed by atoms with Crippen LogP contribution in [0.1, 0.15) is 21.1 Å². The summed E-state index contributed by atoms with van der Waals surface area (Å²) in [5.74, 6) is -0.646. The third kappa shape index (κ3) is 5.14. The molecular formula is C20H17FN2O4S. The zero-order chi connectivity index (χ0) is 19.9. The summed E-state index contributed by atoms with van der Waals surface area (Å²) in [5, 5.41) is 5.11. The Morgan fingerprint density at radius 1 is 1.14 bits per heavy atom. The molecule has 8 heteroatoms. The summed E-state index contributed by atoms with van der Waals surface area (Å²) in [5.41, 5.74) is 1.38. The van der Waals surface area contributed by atoms with Gasteiger partial charge in [-0.05, 0) is 36.4 Å². The van der Waals surface area contributed by atoms with Crippen molar-refractivity contribution in [3.63, 3.8) is 0 Å². The molecule has 28 heavy (non-hydrogen) atoms. The second-order valence-electron chi connectivity index (χ2n) is 5.74. The molecule has 3 aromatic rings. The van der Waals surface area contributed by atoms with Gasteiger partial charge in [-0.25, -0.2) is 14.2 Å². The van der Waals surface area contributed by atoms with Crippen molar-refractivity contribution in [3.05, 3.63) is 76.0 Å². The summed E-state index contributed by atoms with van der Waals surface area (Å²) in [6, 6.07) is 12.2. The predicted molar refractivity (Wildman–Crippen MR) is 103 cm³/mol. The van der Waals surface area contributed by atoms with Crippen LogP contribution in [0.15, 0.2) is 53.9 Å². The normalized spacial score (nSPS) is 10.4. The Hall–Kier alpha value is -3.26. The van der Waals surface area contributed by atoms with Crippen molar-refractivity contribution < 1.29 is 23.5 Å². The molecule has 2 aromatic carbocycles. The van der Waals surface area contributed by atoms with Crippen LogP contribution in [0.4, 0.5) is 10.1 Å². The van der Waals surface area contributed by atoms with Crippen molar-refractivity contribution in [3.8, 4) is 5.75 Å². The quantitative estimate of drug-likeness (QED) is 0.610. The highest BCUT2D eigenvalue weighted by Crippen LogP contribution is 2.23. The number of hydrogen-bond acceptors (Lipinski definition) is 6. The Balaban J connectivity index is 1.53. The lowest BCUT2D eigenvalue weighted by Gasteiger charge is -2.08. The Morgan fingerprint density at radius 2 is 1.89 bits per heavy atom. The number of carbonyl (C=O) groups excluding carboxylic acids is 2. The number of esters is 1. The molecule has 1 heterocycles. The lowest BCUT2D eigenvalue weighted by molar-refractivity contribution is -0.115. The van der Waals surface area contributed by atoms with Crippen LogP contribution >= 0.6 is 11.3 Å². The molecule has 0 radical (unpaired) electrons. The highest BCUT2D eigenvalue weighted by Gasteiger charge is 2.12. The first-order valence-corrected chi connectivity index (χ1v) is 9.22. The number of ether oxygens (including phenoxy) is 2. The second-order valence-corrected chi connectivity index (χ2v) is 6.68. The first-order chi connectivity index (χ1) is 13.5. The summed E-state index contributed by atoms with van der Waals surface area (Å²) < 4.78 is 23.3. The molecule has 1 amide bonds. The van der Waals surface area contributed by atoms with Crippen LogP contribution in [0, 0.1) is 5.82 Å². The van der Waals surface area contributed by atoms with Gasteiger partial charge in [0.15, 0.2) is 0 Å². The summed E-state index contributed by atoms with van der Waals surface area (Å²) in [6.07, 6.45) is 0.0919. The van der Waals surface area contributed by atoms with Gasteiger partial charge < -0.3 is 14.8 Å². The fourth-order valence-corrected chi connectivity index (χ4v) is 3.16. The fourth-order valence-electron chi connectivity index (χ4n) is 2.38. The number of nitrogens with one attached hydrogen (secondary N) is 1. The fraction of sp³-hybridized carbons (Fsp3) is 0.150. The van der Waals surface area contributed by atoms with Crippen LogP contribution in [0.2, 0.25) is 0 Å². The highest BCUT2D eigenvalue weighted by molar-refractivity contribution is 7.09. The maximum absolute atomic E-state index is 12.9. The molecule has 0 saturated heterocycles.